The number of hydrogen-bond donors (Lipinski definition) is 1. The summed E-state index contributed by atoms with van der Waals surface area (Å²) in [4.78, 5) is 32.4. The molecule has 0 aliphatic carbocycles. The van der Waals surface area contributed by atoms with Crippen LogP contribution in [-0.4, -0.2) is 50.6 Å². The first-order chi connectivity index (χ1) is 15.8. The zero-order valence-electron chi connectivity index (χ0n) is 19.5. The largest absolute Gasteiger partial charge is 0.353 e. The Labute approximate surface area is 194 Å². The van der Waals surface area contributed by atoms with Crippen molar-refractivity contribution >= 4 is 11.8 Å². The minimum atomic E-state index is -0.659. The summed E-state index contributed by atoms with van der Waals surface area (Å²) in [6.07, 6.45) is 8.40. The monoisotopic (exact) mass is 445 g/mol. The number of carbonyl (C=O) groups is 2. The molecule has 7 heteroatoms. The lowest BCUT2D eigenvalue weighted by molar-refractivity contribution is -0.134. The molecule has 3 aromatic rings. The number of carbonyl (C=O) groups excluding carboxylic acids is 2. The van der Waals surface area contributed by atoms with Gasteiger partial charge in [0.25, 0.3) is 0 Å². The normalized spacial score (nSPS) is 18.0. The molecule has 1 fully saturated rings. The lowest BCUT2D eigenvalue weighted by Crippen LogP contribution is -2.47. The second kappa shape index (κ2) is 9.57. The fraction of sp³-hybridized carbons (Fsp3) is 0.385. The molecular formula is C26H31N5O2. The third-order valence-corrected chi connectivity index (χ3v) is 6.13. The van der Waals surface area contributed by atoms with Crippen molar-refractivity contribution in [2.75, 3.05) is 13.1 Å². The van der Waals surface area contributed by atoms with Crippen LogP contribution < -0.4 is 5.32 Å². The maximum absolute atomic E-state index is 13.4. The van der Waals surface area contributed by atoms with E-state index in [9.17, 15) is 9.59 Å². The van der Waals surface area contributed by atoms with E-state index in [1.54, 1.807) is 17.1 Å². The number of benzene rings is 1. The molecule has 7 nitrogen and oxygen atoms in total. The number of hydrogen-bond acceptors (Lipinski definition) is 4. The highest BCUT2D eigenvalue weighted by Crippen LogP contribution is 2.36. The Morgan fingerprint density at radius 1 is 1.15 bits per heavy atom. The molecule has 3 heterocycles. The quantitative estimate of drug-likeness (QED) is 0.606. The van der Waals surface area contributed by atoms with Crippen molar-refractivity contribution in [1.82, 2.24) is 25.0 Å². The molecule has 0 bridgehead atoms. The van der Waals surface area contributed by atoms with Gasteiger partial charge in [0.15, 0.2) is 0 Å². The third kappa shape index (κ3) is 5.30. The first-order valence-electron chi connectivity index (χ1n) is 11.4. The van der Waals surface area contributed by atoms with Crippen LogP contribution in [-0.2, 0) is 22.6 Å². The minimum absolute atomic E-state index is 0.00881. The van der Waals surface area contributed by atoms with Crippen molar-refractivity contribution in [2.24, 2.45) is 5.41 Å². The van der Waals surface area contributed by atoms with Crippen molar-refractivity contribution in [1.29, 1.82) is 0 Å². The van der Waals surface area contributed by atoms with E-state index in [2.05, 4.69) is 33.6 Å². The summed E-state index contributed by atoms with van der Waals surface area (Å²) >= 11 is 0. The van der Waals surface area contributed by atoms with Gasteiger partial charge in [0.1, 0.15) is 6.54 Å². The maximum Gasteiger partial charge on any atom is 0.244 e. The van der Waals surface area contributed by atoms with Crippen LogP contribution in [0, 0.1) is 12.3 Å². The lowest BCUT2D eigenvalue weighted by Gasteiger charge is -2.29. The van der Waals surface area contributed by atoms with Gasteiger partial charge in [-0.05, 0) is 61.9 Å². The van der Waals surface area contributed by atoms with Gasteiger partial charge in [0.05, 0.1) is 11.6 Å². The fourth-order valence-electron chi connectivity index (χ4n) is 4.49. The van der Waals surface area contributed by atoms with Gasteiger partial charge in [0, 0.05) is 37.7 Å². The van der Waals surface area contributed by atoms with Gasteiger partial charge in [-0.15, -0.1) is 0 Å². The van der Waals surface area contributed by atoms with E-state index >= 15 is 0 Å². The van der Waals surface area contributed by atoms with Crippen molar-refractivity contribution in [3.63, 3.8) is 0 Å². The molecule has 33 heavy (non-hydrogen) atoms. The summed E-state index contributed by atoms with van der Waals surface area (Å²) in [5.74, 6) is -0.00375. The van der Waals surface area contributed by atoms with E-state index in [1.807, 2.05) is 56.3 Å². The molecule has 4 rings (SSSR count). The number of aryl methyl sites for hydroxylation is 1. The molecule has 1 saturated heterocycles. The zero-order chi connectivity index (χ0) is 23.4. The second-order valence-electron chi connectivity index (χ2n) is 9.31. The summed E-state index contributed by atoms with van der Waals surface area (Å²) in [7, 11) is 0. The standard InChI is InChI=1S/C26H31N5O2/c1-19(2)29-25(33)26(9-11-30(18-26)24(32)17-31-16-20(3)14-28-31)13-21-6-4-7-22(12-21)23-8-5-10-27-15-23/h4-8,10,12,14-16,19H,9,11,13,17-18H2,1-3H3,(H,29,33). The Bertz CT molecular complexity index is 1120. The summed E-state index contributed by atoms with van der Waals surface area (Å²) in [5.41, 5.74) is 3.54. The fourth-order valence-corrected chi connectivity index (χ4v) is 4.49. The van der Waals surface area contributed by atoms with Gasteiger partial charge in [-0.2, -0.15) is 5.10 Å². The van der Waals surface area contributed by atoms with E-state index in [0.29, 0.717) is 25.9 Å². The van der Waals surface area contributed by atoms with Crippen LogP contribution >= 0.6 is 0 Å². The van der Waals surface area contributed by atoms with Gasteiger partial charge in [0.2, 0.25) is 11.8 Å². The molecular weight excluding hydrogens is 414 g/mol. The predicted octanol–water partition coefficient (Wildman–Crippen LogP) is 3.24. The molecule has 172 valence electrons. The average Bonchev–Trinajstić information content (AvgIpc) is 3.41. The molecule has 2 amide bonds. The topological polar surface area (TPSA) is 80.1 Å². The van der Waals surface area contributed by atoms with Crippen LogP contribution in [0.1, 0.15) is 31.4 Å². The number of aromatic nitrogens is 3. The zero-order valence-corrected chi connectivity index (χ0v) is 19.5. The molecule has 0 radical (unpaired) electrons. The van der Waals surface area contributed by atoms with Gasteiger partial charge in [-0.1, -0.05) is 30.3 Å². The summed E-state index contributed by atoms with van der Waals surface area (Å²) < 4.78 is 1.66. The number of pyridine rings is 1. The summed E-state index contributed by atoms with van der Waals surface area (Å²) in [6.45, 7) is 7.03. The predicted molar refractivity (Wildman–Crippen MR) is 127 cm³/mol. The lowest BCUT2D eigenvalue weighted by atomic mass is 9.79. The smallest absolute Gasteiger partial charge is 0.244 e. The number of likely N-dealkylation sites (tertiary alicyclic amines) is 1. The Morgan fingerprint density at radius 2 is 1.97 bits per heavy atom. The Balaban J connectivity index is 1.56. The molecule has 1 N–H and O–H groups in total. The number of nitrogens with one attached hydrogen (secondary N) is 1. The van der Waals surface area contributed by atoms with Crippen molar-refractivity contribution < 1.29 is 9.59 Å². The van der Waals surface area contributed by atoms with Gasteiger partial charge in [-0.3, -0.25) is 19.3 Å². The number of amides is 2. The van der Waals surface area contributed by atoms with Crippen LogP contribution in [0.4, 0.5) is 0 Å². The highest BCUT2D eigenvalue weighted by atomic mass is 16.2. The molecule has 0 saturated carbocycles. The first-order valence-corrected chi connectivity index (χ1v) is 11.4. The van der Waals surface area contributed by atoms with Crippen molar-refractivity contribution in [2.45, 2.75) is 46.2 Å². The Morgan fingerprint density at radius 3 is 2.67 bits per heavy atom. The average molecular weight is 446 g/mol. The van der Waals surface area contributed by atoms with Crippen LogP contribution in [0.15, 0.2) is 61.2 Å². The molecule has 1 aromatic carbocycles. The summed E-state index contributed by atoms with van der Waals surface area (Å²) in [6, 6.07) is 12.2. The third-order valence-electron chi connectivity index (χ3n) is 6.13. The highest BCUT2D eigenvalue weighted by molar-refractivity contribution is 5.86. The van der Waals surface area contributed by atoms with E-state index in [0.717, 1.165) is 22.3 Å². The minimum Gasteiger partial charge on any atom is -0.353 e. The Hall–Kier alpha value is -3.48. The highest BCUT2D eigenvalue weighted by Gasteiger charge is 2.46. The van der Waals surface area contributed by atoms with E-state index in [1.165, 1.54) is 0 Å². The van der Waals surface area contributed by atoms with Crippen LogP contribution in [0.5, 0.6) is 0 Å². The van der Waals surface area contributed by atoms with E-state index in [4.69, 9.17) is 0 Å². The SMILES string of the molecule is Cc1cnn(CC(=O)N2CCC(Cc3cccc(-c4cccnc4)c3)(C(=O)NC(C)C)C2)c1. The van der Waals surface area contributed by atoms with Gasteiger partial charge in [-0.25, -0.2) is 0 Å². The van der Waals surface area contributed by atoms with E-state index < -0.39 is 5.41 Å². The van der Waals surface area contributed by atoms with Crippen molar-refractivity contribution in [3.8, 4) is 11.1 Å². The van der Waals surface area contributed by atoms with Gasteiger partial charge >= 0.3 is 0 Å². The first kappa shape index (κ1) is 22.7. The molecule has 2 aromatic heterocycles. The second-order valence-corrected chi connectivity index (χ2v) is 9.31. The molecule has 0 spiro atoms. The van der Waals surface area contributed by atoms with Crippen LogP contribution in [0.3, 0.4) is 0 Å². The molecule has 1 unspecified atom stereocenters. The van der Waals surface area contributed by atoms with Crippen LogP contribution in [0.25, 0.3) is 11.1 Å². The molecule has 1 aliphatic heterocycles. The van der Waals surface area contributed by atoms with Gasteiger partial charge < -0.3 is 10.2 Å². The number of nitrogens with zero attached hydrogens (tertiary/aromatic N) is 4. The summed E-state index contributed by atoms with van der Waals surface area (Å²) in [5, 5.41) is 7.33. The number of rotatable bonds is 7. The maximum atomic E-state index is 13.4. The Kier molecular flexibility index (Phi) is 6.58. The van der Waals surface area contributed by atoms with Crippen LogP contribution in [0.2, 0.25) is 0 Å². The van der Waals surface area contributed by atoms with Crippen molar-refractivity contribution in [3.05, 3.63) is 72.3 Å². The van der Waals surface area contributed by atoms with E-state index in [-0.39, 0.29) is 24.4 Å². The molecule has 1 aliphatic rings. The molecule has 1 atom stereocenters.